The van der Waals surface area contributed by atoms with Crippen molar-refractivity contribution in [3.63, 3.8) is 0 Å². The molecule has 35 heavy (non-hydrogen) atoms. The summed E-state index contributed by atoms with van der Waals surface area (Å²) in [6, 6.07) is 11.0. The van der Waals surface area contributed by atoms with Crippen molar-refractivity contribution in [2.24, 2.45) is 7.05 Å². The van der Waals surface area contributed by atoms with Crippen LogP contribution in [0.25, 0.3) is 11.1 Å². The predicted octanol–water partition coefficient (Wildman–Crippen LogP) is 4.46. The van der Waals surface area contributed by atoms with Crippen molar-refractivity contribution < 1.29 is 13.6 Å². The van der Waals surface area contributed by atoms with Crippen molar-refractivity contribution in [2.45, 2.75) is 32.4 Å². The summed E-state index contributed by atoms with van der Waals surface area (Å²) in [6.07, 6.45) is 7.56. The fraction of sp³-hybridized carbons (Fsp3) is 0.280. The van der Waals surface area contributed by atoms with Gasteiger partial charge in [0, 0.05) is 48.9 Å². The average Bonchev–Trinajstić information content (AvgIpc) is 3.50. The first-order valence-corrected chi connectivity index (χ1v) is 11.2. The third-order valence-electron chi connectivity index (χ3n) is 5.74. The van der Waals surface area contributed by atoms with Crippen LogP contribution in [-0.2, 0) is 11.8 Å². The topological polar surface area (TPSA) is 89.7 Å². The van der Waals surface area contributed by atoms with E-state index in [1.54, 1.807) is 36.3 Å². The normalized spacial score (nSPS) is 13.1. The Morgan fingerprint density at radius 2 is 1.74 bits per heavy atom. The van der Waals surface area contributed by atoms with Crippen molar-refractivity contribution in [1.82, 2.24) is 29.9 Å². The second-order valence-corrected chi connectivity index (χ2v) is 8.51. The number of hydrogen-bond acceptors (Lipinski definition) is 5. The van der Waals surface area contributed by atoms with Gasteiger partial charge in [-0.3, -0.25) is 9.48 Å². The van der Waals surface area contributed by atoms with E-state index in [9.17, 15) is 13.6 Å². The molecule has 3 aromatic heterocycles. The first-order valence-electron chi connectivity index (χ1n) is 11.2. The second kappa shape index (κ2) is 10.6. The van der Waals surface area contributed by atoms with Gasteiger partial charge in [-0.2, -0.15) is 19.0 Å². The molecular weight excluding hydrogens is 452 g/mol. The lowest BCUT2D eigenvalue weighted by atomic mass is 9.99. The summed E-state index contributed by atoms with van der Waals surface area (Å²) < 4.78 is 27.8. The van der Waals surface area contributed by atoms with Crippen LogP contribution in [0, 0.1) is 6.92 Å². The number of carbonyl (C=O) groups excluding carboxylic acids is 1. The molecule has 0 fully saturated rings. The lowest BCUT2D eigenvalue weighted by Crippen LogP contribution is -2.35. The van der Waals surface area contributed by atoms with Crippen LogP contribution in [0.5, 0.6) is 0 Å². The number of anilines is 1. The van der Waals surface area contributed by atoms with Crippen molar-refractivity contribution in [3.05, 3.63) is 84.1 Å². The summed E-state index contributed by atoms with van der Waals surface area (Å²) in [4.78, 5) is 17.5. The molecule has 4 rings (SSSR count). The molecule has 1 amide bonds. The minimum atomic E-state index is -2.71. The highest BCUT2D eigenvalue weighted by atomic mass is 19.3. The highest BCUT2D eigenvalue weighted by molar-refractivity contribution is 5.94. The van der Waals surface area contributed by atoms with Gasteiger partial charge in [0.2, 0.25) is 5.91 Å². The smallest absolute Gasteiger partial charge is 0.309 e. The molecule has 0 aliphatic heterocycles. The lowest BCUT2D eigenvalue weighted by molar-refractivity contribution is -0.118. The van der Waals surface area contributed by atoms with Gasteiger partial charge in [0.25, 0.3) is 0 Å². The Kier molecular flexibility index (Phi) is 7.31. The van der Waals surface area contributed by atoms with Crippen LogP contribution >= 0.6 is 0 Å². The molecule has 0 aliphatic rings. The highest BCUT2D eigenvalue weighted by Gasteiger charge is 2.23. The number of nitrogens with zero attached hydrogens (tertiary/aromatic N) is 5. The van der Waals surface area contributed by atoms with Crippen molar-refractivity contribution in [2.75, 3.05) is 11.9 Å². The van der Waals surface area contributed by atoms with Crippen LogP contribution in [0.2, 0.25) is 0 Å². The van der Waals surface area contributed by atoms with E-state index in [0.29, 0.717) is 28.2 Å². The maximum atomic E-state index is 13.2. The molecule has 1 aromatic carbocycles. The molecule has 0 saturated carbocycles. The van der Waals surface area contributed by atoms with Crippen LogP contribution in [0.15, 0.2) is 67.4 Å². The molecule has 2 N–H and O–H groups in total. The summed E-state index contributed by atoms with van der Waals surface area (Å²) >= 11 is 0. The number of aryl methyl sites for hydroxylation is 2. The Bertz CT molecular complexity index is 1270. The van der Waals surface area contributed by atoms with Crippen LogP contribution < -0.4 is 10.6 Å². The summed E-state index contributed by atoms with van der Waals surface area (Å²) in [5, 5.41) is 14.0. The Morgan fingerprint density at radius 1 is 0.971 bits per heavy atom. The van der Waals surface area contributed by atoms with Gasteiger partial charge in [-0.1, -0.05) is 36.8 Å². The number of hydrogen-bond donors (Lipinski definition) is 2. The fourth-order valence-corrected chi connectivity index (χ4v) is 3.69. The molecule has 0 bridgehead atoms. The van der Waals surface area contributed by atoms with E-state index in [1.807, 2.05) is 6.92 Å². The molecule has 8 nitrogen and oxygen atoms in total. The highest BCUT2D eigenvalue weighted by Crippen LogP contribution is 2.23. The van der Waals surface area contributed by atoms with E-state index < -0.39 is 12.6 Å². The average molecular weight is 480 g/mol. The zero-order valence-corrected chi connectivity index (χ0v) is 19.7. The molecule has 0 aliphatic carbocycles. The van der Waals surface area contributed by atoms with Gasteiger partial charge in [-0.25, -0.2) is 9.67 Å². The number of halogens is 2. The van der Waals surface area contributed by atoms with Crippen LogP contribution in [0.3, 0.4) is 0 Å². The zero-order chi connectivity index (χ0) is 24.9. The Morgan fingerprint density at radius 3 is 2.34 bits per heavy atom. The summed E-state index contributed by atoms with van der Waals surface area (Å²) in [7, 11) is 1.80. The van der Waals surface area contributed by atoms with Crippen molar-refractivity contribution >= 4 is 11.7 Å². The number of alkyl halides is 2. The van der Waals surface area contributed by atoms with Crippen LogP contribution in [-0.4, -0.2) is 37.0 Å². The number of rotatable bonds is 9. The summed E-state index contributed by atoms with van der Waals surface area (Å²) in [5.41, 5.74) is 4.24. The first-order chi connectivity index (χ1) is 16.8. The van der Waals surface area contributed by atoms with E-state index in [0.717, 1.165) is 5.56 Å². The quantitative estimate of drug-likeness (QED) is 0.370. The molecule has 0 saturated heterocycles. The van der Waals surface area contributed by atoms with E-state index >= 15 is 0 Å². The fourth-order valence-electron chi connectivity index (χ4n) is 3.69. The number of aromatic nitrogens is 5. The Labute approximate surface area is 202 Å². The SMILES string of the molecule is Cc1ccc([C@@H](C)CN[C@@H](C(=O)Nc2ccc(-c3cnn(C(F)F)c3)cn2)c2cnn(C)c2)cc1. The van der Waals surface area contributed by atoms with Crippen molar-refractivity contribution in [1.29, 1.82) is 0 Å². The molecule has 4 aromatic rings. The number of amides is 1. The Hall–Kier alpha value is -3.92. The van der Waals surface area contributed by atoms with Crippen LogP contribution in [0.4, 0.5) is 14.6 Å². The summed E-state index contributed by atoms with van der Waals surface area (Å²) in [5.74, 6) is 0.260. The predicted molar refractivity (Wildman–Crippen MR) is 129 cm³/mol. The molecule has 0 unspecified atom stereocenters. The number of nitrogens with one attached hydrogen (secondary N) is 2. The van der Waals surface area contributed by atoms with Crippen molar-refractivity contribution in [3.8, 4) is 11.1 Å². The molecular formula is C25H27F2N7O. The third kappa shape index (κ3) is 5.96. The van der Waals surface area contributed by atoms with Gasteiger partial charge >= 0.3 is 6.55 Å². The van der Waals surface area contributed by atoms with E-state index in [2.05, 4.69) is 57.0 Å². The lowest BCUT2D eigenvalue weighted by Gasteiger charge is -2.20. The molecule has 0 radical (unpaired) electrons. The second-order valence-electron chi connectivity index (χ2n) is 8.51. The largest absolute Gasteiger partial charge is 0.333 e. The van der Waals surface area contributed by atoms with Gasteiger partial charge in [0.1, 0.15) is 11.9 Å². The number of carbonyl (C=O) groups is 1. The monoisotopic (exact) mass is 479 g/mol. The Balaban J connectivity index is 1.45. The minimum absolute atomic E-state index is 0.189. The van der Waals surface area contributed by atoms with Gasteiger partial charge < -0.3 is 10.6 Å². The maximum Gasteiger partial charge on any atom is 0.333 e. The maximum absolute atomic E-state index is 13.2. The minimum Gasteiger partial charge on any atom is -0.309 e. The first kappa shape index (κ1) is 24.2. The van der Waals surface area contributed by atoms with Crippen LogP contribution in [0.1, 0.15) is 42.1 Å². The third-order valence-corrected chi connectivity index (χ3v) is 5.74. The van der Waals surface area contributed by atoms with Gasteiger partial charge in [-0.15, -0.1) is 0 Å². The van der Waals surface area contributed by atoms with E-state index in [-0.39, 0.29) is 11.8 Å². The summed E-state index contributed by atoms with van der Waals surface area (Å²) in [6.45, 7) is 2.02. The molecule has 182 valence electrons. The van der Waals surface area contributed by atoms with E-state index in [4.69, 9.17) is 0 Å². The number of benzene rings is 1. The molecule has 0 spiro atoms. The van der Waals surface area contributed by atoms with Gasteiger partial charge in [0.15, 0.2) is 0 Å². The standard InChI is InChI=1S/C25H27F2N7O/c1-16-4-6-18(7-5-16)17(2)10-29-23(21-13-30-33(3)14-21)24(35)32-22-9-8-19(11-28-22)20-12-31-34(15-20)25(26)27/h4-9,11-15,17,23,25,29H,10H2,1-3H3,(H,28,32,35)/t17-,23+/m0/s1. The molecule has 10 heteroatoms. The molecule has 3 heterocycles. The van der Waals surface area contributed by atoms with E-state index in [1.165, 1.54) is 29.7 Å². The zero-order valence-electron chi connectivity index (χ0n) is 19.7. The number of pyridine rings is 1. The van der Waals surface area contributed by atoms with Gasteiger partial charge in [0.05, 0.1) is 12.4 Å². The molecule has 2 atom stereocenters. The van der Waals surface area contributed by atoms with Gasteiger partial charge in [-0.05, 0) is 30.5 Å².